The van der Waals surface area contributed by atoms with Crippen molar-refractivity contribution in [3.63, 3.8) is 0 Å². The zero-order valence-electron chi connectivity index (χ0n) is 19.4. The lowest BCUT2D eigenvalue weighted by Gasteiger charge is -2.25. The van der Waals surface area contributed by atoms with Crippen LogP contribution in [0.3, 0.4) is 0 Å². The fourth-order valence-electron chi connectivity index (χ4n) is 3.97. The Balaban J connectivity index is 1.57. The number of hydrogen-bond acceptors (Lipinski definition) is 3. The third-order valence-electron chi connectivity index (χ3n) is 5.66. The molecule has 0 bridgehead atoms. The lowest BCUT2D eigenvalue weighted by atomic mass is 9.81. The highest BCUT2D eigenvalue weighted by Gasteiger charge is 2.50. The van der Waals surface area contributed by atoms with Crippen LogP contribution >= 0.6 is 0 Å². The van der Waals surface area contributed by atoms with Gasteiger partial charge in [0, 0.05) is 12.0 Å². The number of para-hydroxylation sites is 1. The molecule has 0 saturated carbocycles. The van der Waals surface area contributed by atoms with E-state index in [0.29, 0.717) is 12.1 Å². The van der Waals surface area contributed by atoms with Gasteiger partial charge in [0.15, 0.2) is 0 Å². The van der Waals surface area contributed by atoms with Crippen LogP contribution in [0.15, 0.2) is 78.9 Å². The van der Waals surface area contributed by atoms with E-state index >= 15 is 0 Å². The smallest absolute Gasteiger partial charge is 0.421 e. The average molecular weight is 438 g/mol. The largest absolute Gasteiger partial charge is 0.443 e. The molecular weight excluding hydrogens is 410 g/mol. The Labute approximate surface area is 195 Å². The molecule has 4 nitrogen and oxygen atoms in total. The summed E-state index contributed by atoms with van der Waals surface area (Å²) in [5.74, 6) is 6.03. The molecule has 0 spiro atoms. The number of carbonyl (C=O) groups is 2. The summed E-state index contributed by atoms with van der Waals surface area (Å²) in [6, 6.07) is 25.6. The summed E-state index contributed by atoms with van der Waals surface area (Å²) in [6.07, 6.45) is -0.365. The zero-order chi connectivity index (χ0) is 23.6. The number of benzene rings is 3. The van der Waals surface area contributed by atoms with E-state index in [1.165, 1.54) is 0 Å². The van der Waals surface area contributed by atoms with Crippen LogP contribution in [0.1, 0.15) is 45.2 Å². The van der Waals surface area contributed by atoms with Crippen LogP contribution in [-0.2, 0) is 14.9 Å². The van der Waals surface area contributed by atoms with Crippen molar-refractivity contribution >= 4 is 17.7 Å². The van der Waals surface area contributed by atoms with Crippen LogP contribution < -0.4 is 4.90 Å². The van der Waals surface area contributed by atoms with Gasteiger partial charge in [-0.05, 0) is 62.6 Å². The molecule has 0 aliphatic carbocycles. The molecule has 0 saturated heterocycles. The Kier molecular flexibility index (Phi) is 5.82. The lowest BCUT2D eigenvalue weighted by Crippen LogP contribution is -2.44. The molecule has 1 heterocycles. The highest BCUT2D eigenvalue weighted by molar-refractivity contribution is 6.21. The summed E-state index contributed by atoms with van der Waals surface area (Å²) < 4.78 is 5.49. The molecule has 0 fully saturated rings. The topological polar surface area (TPSA) is 46.6 Å². The van der Waals surface area contributed by atoms with Crippen molar-refractivity contribution in [2.75, 3.05) is 4.90 Å². The van der Waals surface area contributed by atoms with Gasteiger partial charge in [0.1, 0.15) is 5.60 Å². The Morgan fingerprint density at radius 1 is 0.909 bits per heavy atom. The minimum absolute atomic E-state index is 0.294. The summed E-state index contributed by atoms with van der Waals surface area (Å²) in [5, 5.41) is 0. The Morgan fingerprint density at radius 2 is 1.52 bits per heavy atom. The van der Waals surface area contributed by atoms with Crippen LogP contribution in [0.5, 0.6) is 0 Å². The van der Waals surface area contributed by atoms with Gasteiger partial charge in [0.2, 0.25) is 5.91 Å². The third kappa shape index (κ3) is 4.54. The number of rotatable bonds is 2. The maximum Gasteiger partial charge on any atom is 0.421 e. The van der Waals surface area contributed by atoms with E-state index in [1.54, 1.807) is 26.8 Å². The average Bonchev–Trinajstić information content (AvgIpc) is 3.01. The maximum atomic E-state index is 13.4. The first kappa shape index (κ1) is 22.4. The minimum Gasteiger partial charge on any atom is -0.443 e. The Morgan fingerprint density at radius 3 is 2.18 bits per heavy atom. The van der Waals surface area contributed by atoms with Gasteiger partial charge >= 0.3 is 6.09 Å². The number of nitrogens with zero attached hydrogens (tertiary/aromatic N) is 1. The van der Waals surface area contributed by atoms with E-state index in [2.05, 4.69) is 24.0 Å². The quantitative estimate of drug-likeness (QED) is 0.440. The van der Waals surface area contributed by atoms with Crippen molar-refractivity contribution in [2.45, 2.75) is 45.1 Å². The number of hydrogen-bond donors (Lipinski definition) is 0. The Hall–Kier alpha value is -3.84. The van der Waals surface area contributed by atoms with Crippen molar-refractivity contribution < 1.29 is 14.3 Å². The molecule has 0 N–H and O–H groups in total. The van der Waals surface area contributed by atoms with Crippen LogP contribution in [-0.4, -0.2) is 17.6 Å². The molecule has 3 aromatic rings. The maximum absolute atomic E-state index is 13.4. The third-order valence-corrected chi connectivity index (χ3v) is 5.66. The van der Waals surface area contributed by atoms with Gasteiger partial charge in [0.05, 0.1) is 11.1 Å². The van der Waals surface area contributed by atoms with E-state index in [4.69, 9.17) is 4.74 Å². The van der Waals surface area contributed by atoms with Gasteiger partial charge < -0.3 is 4.74 Å². The summed E-state index contributed by atoms with van der Waals surface area (Å²) in [4.78, 5) is 27.4. The fraction of sp³-hybridized carbons (Fsp3) is 0.241. The molecule has 1 aliphatic heterocycles. The molecular formula is C29H27NO3. The predicted molar refractivity (Wildman–Crippen MR) is 131 cm³/mol. The Bertz CT molecular complexity index is 1240. The van der Waals surface area contributed by atoms with Gasteiger partial charge in [-0.15, -0.1) is 0 Å². The number of anilines is 1. The highest BCUT2D eigenvalue weighted by atomic mass is 16.6. The van der Waals surface area contributed by atoms with Gasteiger partial charge in [-0.3, -0.25) is 4.79 Å². The molecule has 1 atom stereocenters. The first-order valence-electron chi connectivity index (χ1n) is 11.0. The van der Waals surface area contributed by atoms with Gasteiger partial charge in [-0.25, -0.2) is 9.69 Å². The van der Waals surface area contributed by atoms with E-state index in [0.717, 1.165) is 27.2 Å². The molecule has 2 amide bonds. The fourth-order valence-corrected chi connectivity index (χ4v) is 3.97. The standard InChI is InChI=1S/C29H27NO3/c1-28(2,3)33-27(32)30-25-15-9-8-14-24(25)29(4,26(30)31)20-10-11-21-16-18-23(19-17-21)22-12-6-5-7-13-22/h5-9,12-19H,20H2,1-4H3/t29-/m0/s1. The van der Waals surface area contributed by atoms with Gasteiger partial charge in [-0.1, -0.05) is 72.5 Å². The van der Waals surface area contributed by atoms with Gasteiger partial charge in [-0.2, -0.15) is 0 Å². The molecule has 0 aromatic heterocycles. The van der Waals surface area contributed by atoms with Crippen LogP contribution in [0, 0.1) is 11.8 Å². The lowest BCUT2D eigenvalue weighted by molar-refractivity contribution is -0.122. The van der Waals surface area contributed by atoms with Crippen LogP contribution in [0.4, 0.5) is 10.5 Å². The summed E-state index contributed by atoms with van der Waals surface area (Å²) in [5.41, 5.74) is 2.88. The van der Waals surface area contributed by atoms with Gasteiger partial charge in [0.25, 0.3) is 0 Å². The van der Waals surface area contributed by atoms with Crippen molar-refractivity contribution in [3.8, 4) is 23.0 Å². The second-order valence-corrected chi connectivity index (χ2v) is 9.39. The second kappa shape index (κ2) is 8.60. The van der Waals surface area contributed by atoms with E-state index < -0.39 is 17.1 Å². The molecule has 166 valence electrons. The molecule has 4 heteroatoms. The monoisotopic (exact) mass is 437 g/mol. The molecule has 0 radical (unpaired) electrons. The highest BCUT2D eigenvalue weighted by Crippen LogP contribution is 2.44. The number of amides is 2. The van der Waals surface area contributed by atoms with Crippen LogP contribution in [0.25, 0.3) is 11.1 Å². The first-order valence-corrected chi connectivity index (χ1v) is 11.0. The van der Waals surface area contributed by atoms with Crippen molar-refractivity contribution in [2.24, 2.45) is 0 Å². The minimum atomic E-state index is -0.926. The molecule has 1 aliphatic rings. The predicted octanol–water partition coefficient (Wildman–Crippen LogP) is 6.33. The normalized spacial score (nSPS) is 17.2. The van der Waals surface area contributed by atoms with Crippen molar-refractivity contribution in [1.29, 1.82) is 0 Å². The first-order chi connectivity index (χ1) is 15.7. The number of ether oxygens (including phenoxy) is 1. The number of carbonyl (C=O) groups excluding carboxylic acids is 2. The molecule has 4 rings (SSSR count). The van der Waals surface area contributed by atoms with E-state index in [9.17, 15) is 9.59 Å². The van der Waals surface area contributed by atoms with E-state index in [-0.39, 0.29) is 5.91 Å². The second-order valence-electron chi connectivity index (χ2n) is 9.39. The molecule has 0 unspecified atom stereocenters. The summed E-state index contributed by atoms with van der Waals surface area (Å²) in [7, 11) is 0. The zero-order valence-corrected chi connectivity index (χ0v) is 19.4. The van der Waals surface area contributed by atoms with Crippen molar-refractivity contribution in [3.05, 3.63) is 90.0 Å². The number of fused-ring (bicyclic) bond motifs is 1. The molecule has 33 heavy (non-hydrogen) atoms. The SMILES string of the molecule is CC(C)(C)OC(=O)N1C(=O)[C@@](C)(CC#Cc2ccc(-c3ccccc3)cc2)c2ccccc21. The van der Waals surface area contributed by atoms with Crippen molar-refractivity contribution in [1.82, 2.24) is 0 Å². The summed E-state index contributed by atoms with van der Waals surface area (Å²) in [6.45, 7) is 7.19. The molecule has 3 aromatic carbocycles. The van der Waals surface area contributed by atoms with Crippen LogP contribution in [0.2, 0.25) is 0 Å². The van der Waals surface area contributed by atoms with E-state index in [1.807, 2.05) is 67.6 Å². The number of imide groups is 1. The summed E-state index contributed by atoms with van der Waals surface area (Å²) >= 11 is 0.